The van der Waals surface area contributed by atoms with Crippen LogP contribution in [0.1, 0.15) is 28.3 Å². The summed E-state index contributed by atoms with van der Waals surface area (Å²) < 4.78 is 40.6. The zero-order valence-electron chi connectivity index (χ0n) is 20.4. The second kappa shape index (κ2) is 13.4. The molecule has 0 aliphatic rings. The lowest BCUT2D eigenvalue weighted by molar-refractivity contribution is -0.146. The largest absolute Gasteiger partial charge is 0.489 e. The fourth-order valence-corrected chi connectivity index (χ4v) is 3.66. The Morgan fingerprint density at radius 3 is 1.81 bits per heavy atom. The number of aryl methyl sites for hydroxylation is 1. The van der Waals surface area contributed by atoms with E-state index in [4.69, 9.17) is 19.8 Å². The standard InChI is InChI=1S/C22H21NO3.C7H8O3S/c23-21(22(24)26-16-18-9-5-2-6-10-18)19-11-13-20(14-12-19)25-15-17-7-3-1-4-8-17;1-6-2-4-7(5-3-6)11(8,9)10/h1-14,21H,15-16,23H2;2-5H,1H3,(H,8,9,10)/t21-;/m1./s1. The van der Waals surface area contributed by atoms with Crippen molar-refractivity contribution in [2.75, 3.05) is 0 Å². The topological polar surface area (TPSA) is 116 Å². The lowest BCUT2D eigenvalue weighted by atomic mass is 10.1. The van der Waals surface area contributed by atoms with Crippen molar-refractivity contribution in [1.82, 2.24) is 0 Å². The Morgan fingerprint density at radius 1 is 0.784 bits per heavy atom. The van der Waals surface area contributed by atoms with Gasteiger partial charge in [0.1, 0.15) is 25.0 Å². The van der Waals surface area contributed by atoms with Gasteiger partial charge in [0.25, 0.3) is 10.1 Å². The summed E-state index contributed by atoms with van der Waals surface area (Å²) in [4.78, 5) is 12.1. The highest BCUT2D eigenvalue weighted by Gasteiger charge is 2.17. The van der Waals surface area contributed by atoms with Gasteiger partial charge in [0.2, 0.25) is 0 Å². The third-order valence-electron chi connectivity index (χ3n) is 5.28. The summed E-state index contributed by atoms with van der Waals surface area (Å²) in [6, 6.07) is 31.8. The molecule has 3 N–H and O–H groups in total. The van der Waals surface area contributed by atoms with Crippen LogP contribution in [-0.4, -0.2) is 18.9 Å². The summed E-state index contributed by atoms with van der Waals surface area (Å²) in [5.41, 5.74) is 9.67. The van der Waals surface area contributed by atoms with Crippen LogP contribution < -0.4 is 10.5 Å². The number of carbonyl (C=O) groups excluding carboxylic acids is 1. The number of esters is 1. The summed E-state index contributed by atoms with van der Waals surface area (Å²) in [6.45, 7) is 2.55. The van der Waals surface area contributed by atoms with E-state index in [1.165, 1.54) is 12.1 Å². The number of carbonyl (C=O) groups is 1. The molecule has 0 unspecified atom stereocenters. The van der Waals surface area contributed by atoms with Crippen LogP contribution in [0.3, 0.4) is 0 Å². The molecule has 7 nitrogen and oxygen atoms in total. The van der Waals surface area contributed by atoms with E-state index in [2.05, 4.69) is 0 Å². The zero-order valence-corrected chi connectivity index (χ0v) is 21.2. The molecule has 0 aliphatic heterocycles. The van der Waals surface area contributed by atoms with E-state index in [1.54, 1.807) is 24.3 Å². The van der Waals surface area contributed by atoms with Crippen LogP contribution in [0.25, 0.3) is 0 Å². The average molecular weight is 520 g/mol. The van der Waals surface area contributed by atoms with Crippen molar-refractivity contribution in [2.24, 2.45) is 5.73 Å². The molecule has 0 aromatic heterocycles. The number of rotatable bonds is 8. The first-order chi connectivity index (χ1) is 17.7. The third-order valence-corrected chi connectivity index (χ3v) is 6.15. The summed E-state index contributed by atoms with van der Waals surface area (Å²) in [5, 5.41) is 0. The van der Waals surface area contributed by atoms with Crippen LogP contribution in [-0.2, 0) is 32.9 Å². The SMILES string of the molecule is Cc1ccc(S(=O)(=O)O)cc1.N[C@@H](C(=O)OCc1ccccc1)c1ccc(OCc2ccccc2)cc1. The van der Waals surface area contributed by atoms with Gasteiger partial charge in [0.05, 0.1) is 4.90 Å². The maximum atomic E-state index is 12.1. The monoisotopic (exact) mass is 519 g/mol. The molecule has 0 saturated carbocycles. The van der Waals surface area contributed by atoms with Gasteiger partial charge in [-0.15, -0.1) is 0 Å². The summed E-state index contributed by atoms with van der Waals surface area (Å²) in [6.07, 6.45) is 0. The normalized spacial score (nSPS) is 11.5. The Kier molecular flexibility index (Phi) is 9.97. The van der Waals surface area contributed by atoms with Gasteiger partial charge in [-0.25, -0.2) is 4.79 Å². The Labute approximate surface area is 217 Å². The van der Waals surface area contributed by atoms with E-state index in [0.29, 0.717) is 12.2 Å². The molecular weight excluding hydrogens is 490 g/mol. The first-order valence-electron chi connectivity index (χ1n) is 11.5. The van der Waals surface area contributed by atoms with Gasteiger partial charge in [-0.2, -0.15) is 8.42 Å². The van der Waals surface area contributed by atoms with Crippen molar-refractivity contribution in [1.29, 1.82) is 0 Å². The fourth-order valence-electron chi connectivity index (χ4n) is 3.18. The molecule has 0 bridgehead atoms. The smallest absolute Gasteiger partial charge is 0.327 e. The molecule has 0 fully saturated rings. The molecule has 0 spiro atoms. The Bertz CT molecular complexity index is 1360. The molecule has 0 aliphatic carbocycles. The lowest BCUT2D eigenvalue weighted by Gasteiger charge is -2.13. The zero-order chi connectivity index (χ0) is 26.7. The highest BCUT2D eigenvalue weighted by molar-refractivity contribution is 7.85. The molecule has 192 valence electrons. The van der Waals surface area contributed by atoms with Gasteiger partial charge in [-0.05, 0) is 47.9 Å². The second-order valence-corrected chi connectivity index (χ2v) is 9.62. The molecule has 0 radical (unpaired) electrons. The van der Waals surface area contributed by atoms with Crippen LogP contribution in [0.5, 0.6) is 5.75 Å². The molecule has 4 rings (SSSR count). The minimum Gasteiger partial charge on any atom is -0.489 e. The van der Waals surface area contributed by atoms with Crippen LogP contribution in [0.2, 0.25) is 0 Å². The van der Waals surface area contributed by atoms with Crippen LogP contribution in [0, 0.1) is 6.92 Å². The van der Waals surface area contributed by atoms with Gasteiger partial charge in [0.15, 0.2) is 0 Å². The number of hydrogen-bond acceptors (Lipinski definition) is 6. The van der Waals surface area contributed by atoms with E-state index >= 15 is 0 Å². The Balaban J connectivity index is 0.000000289. The lowest BCUT2D eigenvalue weighted by Crippen LogP contribution is -2.23. The fraction of sp³-hybridized carbons (Fsp3) is 0.138. The highest BCUT2D eigenvalue weighted by Crippen LogP contribution is 2.19. The van der Waals surface area contributed by atoms with Crippen molar-refractivity contribution >= 4 is 16.1 Å². The quantitative estimate of drug-likeness (QED) is 0.241. The molecule has 0 amide bonds. The molecule has 4 aromatic carbocycles. The van der Waals surface area contributed by atoms with Gasteiger partial charge < -0.3 is 15.2 Å². The second-order valence-electron chi connectivity index (χ2n) is 8.20. The maximum absolute atomic E-state index is 12.1. The number of benzene rings is 4. The average Bonchev–Trinajstić information content (AvgIpc) is 2.92. The predicted molar refractivity (Wildman–Crippen MR) is 141 cm³/mol. The van der Waals surface area contributed by atoms with Crippen molar-refractivity contribution < 1.29 is 27.2 Å². The minimum absolute atomic E-state index is 0.0666. The number of ether oxygens (including phenoxy) is 2. The molecule has 4 aromatic rings. The van der Waals surface area contributed by atoms with Crippen molar-refractivity contribution in [2.45, 2.75) is 31.1 Å². The molecular formula is C29H29NO6S. The van der Waals surface area contributed by atoms with E-state index in [-0.39, 0.29) is 11.5 Å². The first kappa shape index (κ1) is 27.6. The van der Waals surface area contributed by atoms with Crippen molar-refractivity contribution in [3.05, 3.63) is 131 Å². The third kappa shape index (κ3) is 9.20. The first-order valence-corrected chi connectivity index (χ1v) is 12.9. The van der Waals surface area contributed by atoms with Gasteiger partial charge in [-0.3, -0.25) is 4.55 Å². The Morgan fingerprint density at radius 2 is 1.30 bits per heavy atom. The van der Waals surface area contributed by atoms with Gasteiger partial charge >= 0.3 is 5.97 Å². The van der Waals surface area contributed by atoms with E-state index in [1.807, 2.05) is 79.7 Å². The summed E-state index contributed by atoms with van der Waals surface area (Å²) in [5.74, 6) is 0.272. The van der Waals surface area contributed by atoms with Crippen LogP contribution in [0.15, 0.2) is 114 Å². The van der Waals surface area contributed by atoms with Crippen molar-refractivity contribution in [3.8, 4) is 5.75 Å². The van der Waals surface area contributed by atoms with Crippen LogP contribution in [0.4, 0.5) is 0 Å². The maximum Gasteiger partial charge on any atom is 0.327 e. The summed E-state index contributed by atoms with van der Waals surface area (Å²) >= 11 is 0. The van der Waals surface area contributed by atoms with E-state index < -0.39 is 22.1 Å². The number of hydrogen-bond donors (Lipinski definition) is 2. The minimum atomic E-state index is -4.02. The molecule has 8 heteroatoms. The molecule has 0 heterocycles. The molecule has 1 atom stereocenters. The Hall–Kier alpha value is -3.98. The highest BCUT2D eigenvalue weighted by atomic mass is 32.2. The predicted octanol–water partition coefficient (Wildman–Crippen LogP) is 5.25. The van der Waals surface area contributed by atoms with Gasteiger partial charge in [-0.1, -0.05) is 90.5 Å². The van der Waals surface area contributed by atoms with E-state index in [0.717, 1.165) is 22.4 Å². The molecule has 0 saturated heterocycles. The van der Waals surface area contributed by atoms with Crippen molar-refractivity contribution in [3.63, 3.8) is 0 Å². The summed E-state index contributed by atoms with van der Waals surface area (Å²) in [7, 11) is -4.02. The van der Waals surface area contributed by atoms with E-state index in [9.17, 15) is 13.2 Å². The van der Waals surface area contributed by atoms with Crippen LogP contribution >= 0.6 is 0 Å². The van der Waals surface area contributed by atoms with Gasteiger partial charge in [0, 0.05) is 0 Å². The number of nitrogens with two attached hydrogens (primary N) is 1. The molecule has 37 heavy (non-hydrogen) atoms.